The number of fused-ring (bicyclic) bond motifs is 1. The summed E-state index contributed by atoms with van der Waals surface area (Å²) >= 11 is 0. The Morgan fingerprint density at radius 3 is 2.22 bits per heavy atom. The number of benzene rings is 2. The Bertz CT molecular complexity index is 940. The lowest BCUT2D eigenvalue weighted by Gasteiger charge is -2.37. The molecule has 1 fully saturated rings. The van der Waals surface area contributed by atoms with Crippen LogP contribution in [0.3, 0.4) is 0 Å². The number of hydrogen-bond donors (Lipinski definition) is 0. The van der Waals surface area contributed by atoms with Crippen molar-refractivity contribution >= 4 is 22.7 Å². The normalized spacial score (nSPS) is 15.6. The predicted octanol–water partition coefficient (Wildman–Crippen LogP) is 4.23. The first kappa shape index (κ1) is 17.7. The molecule has 27 heavy (non-hydrogen) atoms. The van der Waals surface area contributed by atoms with Crippen LogP contribution in [0, 0.1) is 6.92 Å². The van der Waals surface area contributed by atoms with Crippen LogP contribution in [-0.2, 0) is 6.54 Å². The van der Waals surface area contributed by atoms with Gasteiger partial charge in [0.15, 0.2) is 0 Å². The van der Waals surface area contributed by atoms with Gasteiger partial charge < -0.3 is 14.4 Å². The van der Waals surface area contributed by atoms with E-state index in [1.807, 2.05) is 17.0 Å². The molecule has 0 N–H and O–H groups in total. The maximum Gasteiger partial charge on any atom is 0.406 e. The third kappa shape index (κ3) is 3.59. The van der Waals surface area contributed by atoms with Gasteiger partial charge in [-0.3, -0.25) is 0 Å². The Hall–Kier alpha value is -2.70. The molecule has 0 atom stereocenters. The summed E-state index contributed by atoms with van der Waals surface area (Å²) in [5, 5.41) is 0. The van der Waals surface area contributed by atoms with E-state index in [1.54, 1.807) is 24.3 Å². The Kier molecular flexibility index (Phi) is 4.45. The summed E-state index contributed by atoms with van der Waals surface area (Å²) in [5.74, 6) is 0.401. The number of nitrogens with zero attached hydrogens (tertiary/aromatic N) is 4. The summed E-state index contributed by atoms with van der Waals surface area (Å²) in [6.07, 6.45) is -4.29. The molecule has 0 unspecified atom stereocenters. The van der Waals surface area contributed by atoms with Crippen LogP contribution in [0.25, 0.3) is 11.0 Å². The summed E-state index contributed by atoms with van der Waals surface area (Å²) in [6, 6.07) is 15.2. The first-order valence-corrected chi connectivity index (χ1v) is 9.00. The van der Waals surface area contributed by atoms with Gasteiger partial charge in [-0.15, -0.1) is 0 Å². The van der Waals surface area contributed by atoms with Gasteiger partial charge >= 0.3 is 6.18 Å². The average molecular weight is 374 g/mol. The maximum absolute atomic E-state index is 13.1. The lowest BCUT2D eigenvalue weighted by atomic mass is 10.1. The van der Waals surface area contributed by atoms with E-state index in [0.717, 1.165) is 13.1 Å². The van der Waals surface area contributed by atoms with E-state index in [2.05, 4.69) is 28.9 Å². The second-order valence-corrected chi connectivity index (χ2v) is 6.86. The van der Waals surface area contributed by atoms with Crippen LogP contribution in [0.15, 0.2) is 48.5 Å². The lowest BCUT2D eigenvalue weighted by molar-refractivity contribution is -0.139. The minimum absolute atomic E-state index is 0.401. The number of para-hydroxylation sites is 3. The number of aromatic nitrogens is 2. The van der Waals surface area contributed by atoms with Gasteiger partial charge in [-0.05, 0) is 30.7 Å². The van der Waals surface area contributed by atoms with Crippen molar-refractivity contribution in [2.24, 2.45) is 0 Å². The minimum atomic E-state index is -4.29. The van der Waals surface area contributed by atoms with E-state index >= 15 is 0 Å². The number of hydrogen-bond acceptors (Lipinski definition) is 3. The first-order valence-electron chi connectivity index (χ1n) is 9.00. The van der Waals surface area contributed by atoms with Gasteiger partial charge in [0.2, 0.25) is 5.95 Å². The third-order valence-electron chi connectivity index (χ3n) is 4.99. The molecule has 142 valence electrons. The zero-order chi connectivity index (χ0) is 19.0. The minimum Gasteiger partial charge on any atom is -0.368 e. The molecule has 0 amide bonds. The number of halogens is 3. The number of alkyl halides is 3. The molecule has 4 rings (SSSR count). The molecular formula is C20H21F3N4. The van der Waals surface area contributed by atoms with Crippen molar-refractivity contribution in [3.05, 3.63) is 54.1 Å². The molecule has 0 spiro atoms. The summed E-state index contributed by atoms with van der Waals surface area (Å²) < 4.78 is 40.7. The van der Waals surface area contributed by atoms with E-state index in [9.17, 15) is 13.2 Å². The molecule has 3 aromatic rings. The average Bonchev–Trinajstić information content (AvgIpc) is 2.99. The van der Waals surface area contributed by atoms with Crippen molar-refractivity contribution in [2.75, 3.05) is 36.0 Å². The molecule has 2 aromatic carbocycles. The van der Waals surface area contributed by atoms with Crippen LogP contribution >= 0.6 is 0 Å². The molecule has 0 bridgehead atoms. The smallest absolute Gasteiger partial charge is 0.368 e. The second kappa shape index (κ2) is 6.79. The standard InChI is InChI=1S/C20H21F3N4/c1-15-6-2-4-8-17(15)25-10-12-26(13-11-25)19-24-16-7-3-5-9-18(16)27(19)14-20(21,22)23/h2-9H,10-14H2,1H3. The highest BCUT2D eigenvalue weighted by atomic mass is 19.4. The highest BCUT2D eigenvalue weighted by Crippen LogP contribution is 2.29. The topological polar surface area (TPSA) is 24.3 Å². The molecule has 0 radical (unpaired) electrons. The lowest BCUT2D eigenvalue weighted by Crippen LogP contribution is -2.47. The van der Waals surface area contributed by atoms with Crippen molar-refractivity contribution in [2.45, 2.75) is 19.6 Å². The molecule has 7 heteroatoms. The van der Waals surface area contributed by atoms with Gasteiger partial charge in [-0.25, -0.2) is 4.98 Å². The second-order valence-electron chi connectivity index (χ2n) is 6.86. The van der Waals surface area contributed by atoms with Crippen LogP contribution in [0.2, 0.25) is 0 Å². The van der Waals surface area contributed by atoms with Crippen molar-refractivity contribution in [1.82, 2.24) is 9.55 Å². The molecular weight excluding hydrogens is 353 g/mol. The van der Waals surface area contributed by atoms with Gasteiger partial charge in [-0.2, -0.15) is 13.2 Å². The summed E-state index contributed by atoms with van der Waals surface area (Å²) in [6.45, 7) is 3.82. The van der Waals surface area contributed by atoms with Crippen LogP contribution in [0.5, 0.6) is 0 Å². The molecule has 0 saturated carbocycles. The third-order valence-corrected chi connectivity index (χ3v) is 4.99. The highest BCUT2D eigenvalue weighted by Gasteiger charge is 2.32. The quantitative estimate of drug-likeness (QED) is 0.686. The van der Waals surface area contributed by atoms with Gasteiger partial charge in [0.25, 0.3) is 0 Å². The number of rotatable bonds is 3. The van der Waals surface area contributed by atoms with Crippen LogP contribution in [0.1, 0.15) is 5.56 Å². The van der Waals surface area contributed by atoms with E-state index in [1.165, 1.54) is 15.8 Å². The molecule has 4 nitrogen and oxygen atoms in total. The van der Waals surface area contributed by atoms with Crippen molar-refractivity contribution in [3.8, 4) is 0 Å². The summed E-state index contributed by atoms with van der Waals surface area (Å²) in [5.41, 5.74) is 3.50. The molecule has 1 aliphatic heterocycles. The maximum atomic E-state index is 13.1. The van der Waals surface area contributed by atoms with Gasteiger partial charge in [0.05, 0.1) is 11.0 Å². The Morgan fingerprint density at radius 1 is 0.889 bits per heavy atom. The fraction of sp³-hybridized carbons (Fsp3) is 0.350. The Balaban J connectivity index is 1.60. The molecule has 1 aromatic heterocycles. The molecule has 0 aliphatic carbocycles. The van der Waals surface area contributed by atoms with Gasteiger partial charge in [-0.1, -0.05) is 30.3 Å². The van der Waals surface area contributed by atoms with Crippen molar-refractivity contribution < 1.29 is 13.2 Å². The Labute approximate surface area is 155 Å². The zero-order valence-electron chi connectivity index (χ0n) is 15.1. The molecule has 1 saturated heterocycles. The Morgan fingerprint density at radius 2 is 1.52 bits per heavy atom. The largest absolute Gasteiger partial charge is 0.406 e. The summed E-state index contributed by atoms with van der Waals surface area (Å²) in [4.78, 5) is 8.75. The molecule has 2 heterocycles. The monoisotopic (exact) mass is 374 g/mol. The number of piperazine rings is 1. The van der Waals surface area contributed by atoms with E-state index in [0.29, 0.717) is 30.1 Å². The van der Waals surface area contributed by atoms with Gasteiger partial charge in [0, 0.05) is 31.9 Å². The SMILES string of the molecule is Cc1ccccc1N1CCN(c2nc3ccccc3n2CC(F)(F)F)CC1. The van der Waals surface area contributed by atoms with Crippen LogP contribution in [0.4, 0.5) is 24.8 Å². The fourth-order valence-electron chi connectivity index (χ4n) is 3.70. The number of anilines is 2. The number of imidazole rings is 1. The zero-order valence-corrected chi connectivity index (χ0v) is 15.1. The number of aryl methyl sites for hydroxylation is 1. The first-order chi connectivity index (χ1) is 12.9. The van der Waals surface area contributed by atoms with Crippen LogP contribution < -0.4 is 9.80 Å². The van der Waals surface area contributed by atoms with Crippen LogP contribution in [-0.4, -0.2) is 41.9 Å². The fourth-order valence-corrected chi connectivity index (χ4v) is 3.70. The van der Waals surface area contributed by atoms with E-state index in [4.69, 9.17) is 0 Å². The van der Waals surface area contributed by atoms with Crippen molar-refractivity contribution in [1.29, 1.82) is 0 Å². The van der Waals surface area contributed by atoms with Crippen molar-refractivity contribution in [3.63, 3.8) is 0 Å². The summed E-state index contributed by atoms with van der Waals surface area (Å²) in [7, 11) is 0. The highest BCUT2D eigenvalue weighted by molar-refractivity contribution is 5.79. The van der Waals surface area contributed by atoms with Gasteiger partial charge in [0.1, 0.15) is 6.54 Å². The van der Waals surface area contributed by atoms with E-state index in [-0.39, 0.29) is 0 Å². The van der Waals surface area contributed by atoms with E-state index < -0.39 is 12.7 Å². The molecule has 1 aliphatic rings. The predicted molar refractivity (Wildman–Crippen MR) is 101 cm³/mol.